The van der Waals surface area contributed by atoms with Crippen LogP contribution in [0.3, 0.4) is 0 Å². The van der Waals surface area contributed by atoms with E-state index in [-0.39, 0.29) is 6.61 Å². The van der Waals surface area contributed by atoms with Crippen LogP contribution in [-0.4, -0.2) is 24.1 Å². The van der Waals surface area contributed by atoms with Crippen LogP contribution in [0, 0.1) is 6.92 Å². The lowest BCUT2D eigenvalue weighted by Gasteiger charge is -2.14. The van der Waals surface area contributed by atoms with Gasteiger partial charge in [0.1, 0.15) is 0 Å². The molecule has 0 saturated carbocycles. The van der Waals surface area contributed by atoms with Gasteiger partial charge in [-0.3, -0.25) is 10.0 Å². The number of hydrogen-bond donors (Lipinski definition) is 3. The van der Waals surface area contributed by atoms with Crippen molar-refractivity contribution in [3.05, 3.63) is 34.9 Å². The van der Waals surface area contributed by atoms with Crippen molar-refractivity contribution in [2.45, 2.75) is 25.8 Å². The minimum atomic E-state index is 0.193. The summed E-state index contributed by atoms with van der Waals surface area (Å²) in [7, 11) is 0. The summed E-state index contributed by atoms with van der Waals surface area (Å²) in [6.45, 7) is 3.03. The fraction of sp³-hybridized carbons (Fsp3) is 0.538. The molecule has 0 fully saturated rings. The molecule has 1 aliphatic rings. The number of nitrogens with one attached hydrogen (secondary N) is 2. The molecule has 4 heteroatoms. The Labute approximate surface area is 107 Å². The first-order chi connectivity index (χ1) is 8.33. The number of benzene rings is 1. The van der Waals surface area contributed by atoms with Crippen LogP contribution in [0.5, 0.6) is 0 Å². The maximum atomic E-state index is 8.64. The Morgan fingerprint density at radius 3 is 3.18 bits per heavy atom. The lowest BCUT2D eigenvalue weighted by molar-refractivity contribution is 0.302. The molecule has 3 N–H and O–H groups in total. The molecule has 0 bridgehead atoms. The number of rotatable bonds is 6. The average Bonchev–Trinajstić information content (AvgIpc) is 2.74. The largest absolute Gasteiger partial charge is 0.395 e. The lowest BCUT2D eigenvalue weighted by Crippen LogP contribution is -2.22. The zero-order valence-corrected chi connectivity index (χ0v) is 11.0. The Kier molecular flexibility index (Phi) is 4.86. The molecule has 0 radical (unpaired) electrons. The Morgan fingerprint density at radius 1 is 1.47 bits per heavy atom. The molecular formula is C13H20N2OS. The summed E-state index contributed by atoms with van der Waals surface area (Å²) < 4.78 is 3.10. The van der Waals surface area contributed by atoms with Crippen molar-refractivity contribution < 1.29 is 5.11 Å². The molecule has 1 aromatic rings. The second-order valence-electron chi connectivity index (χ2n) is 4.34. The highest BCUT2D eigenvalue weighted by atomic mass is 32.2. The first-order valence-corrected chi connectivity index (χ1v) is 7.08. The summed E-state index contributed by atoms with van der Waals surface area (Å²) in [5.74, 6) is 0.873. The number of aryl methyl sites for hydroxylation is 1. The molecule has 2 rings (SSSR count). The Hall–Kier alpha value is -0.550. The summed E-state index contributed by atoms with van der Waals surface area (Å²) in [6.07, 6.45) is 2.38. The monoisotopic (exact) mass is 252 g/mol. The minimum absolute atomic E-state index is 0.193. The normalized spacial score (nSPS) is 18.4. The molecule has 0 spiro atoms. The van der Waals surface area contributed by atoms with Crippen LogP contribution in [0.25, 0.3) is 0 Å². The van der Waals surface area contributed by atoms with Gasteiger partial charge in [0.05, 0.1) is 12.5 Å². The van der Waals surface area contributed by atoms with Crippen LogP contribution < -0.4 is 10.0 Å². The number of aliphatic hydroxyl groups excluding tert-OH is 1. The van der Waals surface area contributed by atoms with E-state index < -0.39 is 0 Å². The van der Waals surface area contributed by atoms with Crippen LogP contribution in [0.1, 0.15) is 29.2 Å². The van der Waals surface area contributed by atoms with Crippen molar-refractivity contribution in [3.8, 4) is 0 Å². The van der Waals surface area contributed by atoms with E-state index in [9.17, 15) is 0 Å². The molecule has 1 unspecified atom stereocenters. The molecular weight excluding hydrogens is 232 g/mol. The number of aliphatic hydroxyl groups is 1. The van der Waals surface area contributed by atoms with Gasteiger partial charge in [0, 0.05) is 12.6 Å². The van der Waals surface area contributed by atoms with Gasteiger partial charge in [0.25, 0.3) is 0 Å². The maximum Gasteiger partial charge on any atom is 0.0570 e. The van der Waals surface area contributed by atoms with Crippen molar-refractivity contribution in [1.82, 2.24) is 10.0 Å². The van der Waals surface area contributed by atoms with Crippen LogP contribution in [-0.2, 0) is 6.42 Å². The van der Waals surface area contributed by atoms with Crippen LogP contribution >= 0.6 is 11.9 Å². The smallest absolute Gasteiger partial charge is 0.0570 e. The third-order valence-electron chi connectivity index (χ3n) is 3.22. The van der Waals surface area contributed by atoms with Crippen LogP contribution in [0.15, 0.2) is 18.2 Å². The van der Waals surface area contributed by atoms with E-state index in [4.69, 9.17) is 5.11 Å². The van der Waals surface area contributed by atoms with Gasteiger partial charge in [-0.15, -0.1) is 0 Å². The zero-order valence-electron chi connectivity index (χ0n) is 10.2. The van der Waals surface area contributed by atoms with Crippen molar-refractivity contribution >= 4 is 11.9 Å². The molecule has 1 aliphatic carbocycles. The van der Waals surface area contributed by atoms with Crippen molar-refractivity contribution in [3.63, 3.8) is 0 Å². The van der Waals surface area contributed by atoms with Gasteiger partial charge in [-0.05, 0) is 36.5 Å². The van der Waals surface area contributed by atoms with Gasteiger partial charge in [-0.1, -0.05) is 30.1 Å². The molecule has 0 aromatic heterocycles. The first kappa shape index (κ1) is 12.9. The predicted molar refractivity (Wildman–Crippen MR) is 72.9 cm³/mol. The highest BCUT2D eigenvalue weighted by molar-refractivity contribution is 7.97. The second kappa shape index (κ2) is 6.40. The van der Waals surface area contributed by atoms with Crippen LogP contribution in [0.4, 0.5) is 0 Å². The molecule has 0 aliphatic heterocycles. The second-order valence-corrected chi connectivity index (χ2v) is 5.21. The van der Waals surface area contributed by atoms with E-state index in [0.717, 1.165) is 5.88 Å². The molecule has 1 atom stereocenters. The lowest BCUT2D eigenvalue weighted by atomic mass is 10.0. The van der Waals surface area contributed by atoms with E-state index in [1.54, 1.807) is 11.9 Å². The molecule has 3 nitrogen and oxygen atoms in total. The third kappa shape index (κ3) is 3.22. The standard InChI is InChI=1S/C13H20N2OS/c1-10-3-2-4-12-11(10)5-6-13(12)14-9-17-15-7-8-16/h2-4,13-16H,5-9H2,1H3. The van der Waals surface area contributed by atoms with E-state index >= 15 is 0 Å². The molecule has 0 heterocycles. The van der Waals surface area contributed by atoms with Crippen molar-refractivity contribution in [2.24, 2.45) is 0 Å². The molecule has 17 heavy (non-hydrogen) atoms. The highest BCUT2D eigenvalue weighted by Crippen LogP contribution is 2.32. The van der Waals surface area contributed by atoms with Crippen molar-refractivity contribution in [1.29, 1.82) is 0 Å². The Morgan fingerprint density at radius 2 is 2.35 bits per heavy atom. The topological polar surface area (TPSA) is 44.3 Å². The van der Waals surface area contributed by atoms with Gasteiger partial charge < -0.3 is 5.11 Å². The Balaban J connectivity index is 1.83. The third-order valence-corrected chi connectivity index (χ3v) is 3.94. The number of fused-ring (bicyclic) bond motifs is 1. The van der Waals surface area contributed by atoms with E-state index in [2.05, 4.69) is 35.2 Å². The summed E-state index contributed by atoms with van der Waals surface area (Å²) in [4.78, 5) is 0. The summed E-state index contributed by atoms with van der Waals surface area (Å²) >= 11 is 1.62. The average molecular weight is 252 g/mol. The minimum Gasteiger partial charge on any atom is -0.395 e. The maximum absolute atomic E-state index is 8.64. The van der Waals surface area contributed by atoms with Gasteiger partial charge in [0.15, 0.2) is 0 Å². The summed E-state index contributed by atoms with van der Waals surface area (Å²) in [5, 5.41) is 12.2. The summed E-state index contributed by atoms with van der Waals surface area (Å²) in [5.41, 5.74) is 4.41. The first-order valence-electron chi connectivity index (χ1n) is 6.10. The molecule has 94 valence electrons. The SMILES string of the molecule is Cc1cccc2c1CCC2NCSNCCO. The fourth-order valence-corrected chi connectivity index (χ4v) is 2.98. The van der Waals surface area contributed by atoms with Crippen LogP contribution in [0.2, 0.25) is 0 Å². The van der Waals surface area contributed by atoms with E-state index in [1.165, 1.54) is 29.5 Å². The van der Waals surface area contributed by atoms with E-state index in [1.807, 2.05) is 0 Å². The number of hydrogen-bond acceptors (Lipinski definition) is 4. The molecule has 1 aromatic carbocycles. The van der Waals surface area contributed by atoms with Gasteiger partial charge >= 0.3 is 0 Å². The van der Waals surface area contributed by atoms with Gasteiger partial charge in [-0.25, -0.2) is 0 Å². The molecule has 0 amide bonds. The zero-order chi connectivity index (χ0) is 12.1. The Bertz CT molecular complexity index is 370. The van der Waals surface area contributed by atoms with E-state index in [0.29, 0.717) is 12.6 Å². The van der Waals surface area contributed by atoms with Crippen molar-refractivity contribution in [2.75, 3.05) is 19.0 Å². The highest BCUT2D eigenvalue weighted by Gasteiger charge is 2.22. The van der Waals surface area contributed by atoms with Gasteiger partial charge in [-0.2, -0.15) is 0 Å². The fourth-order valence-electron chi connectivity index (χ4n) is 2.36. The van der Waals surface area contributed by atoms with Gasteiger partial charge in [0.2, 0.25) is 0 Å². The quantitative estimate of drug-likeness (QED) is 0.410. The summed E-state index contributed by atoms with van der Waals surface area (Å²) in [6, 6.07) is 7.07. The predicted octanol–water partition coefficient (Wildman–Crippen LogP) is 1.76. The molecule has 0 saturated heterocycles.